The highest BCUT2D eigenvalue weighted by molar-refractivity contribution is 5.70. The number of amides is 1. The Balaban J connectivity index is 2.09. The van der Waals surface area contributed by atoms with Crippen molar-refractivity contribution in [3.63, 3.8) is 0 Å². The molecule has 0 aliphatic carbocycles. The first-order valence-electron chi connectivity index (χ1n) is 7.76. The fraction of sp³-hybridized carbons (Fsp3) is 0.562. The number of hydrogen-bond donors (Lipinski definition) is 0. The van der Waals surface area contributed by atoms with E-state index < -0.39 is 10.5 Å². The number of benzene rings is 1. The lowest BCUT2D eigenvalue weighted by atomic mass is 10.2. The SMILES string of the molecule is COc1ccc([N+](=O)[O-])c(N2CCN(C(=O)OC(C)(C)C)CC2)c1. The molecule has 1 fully saturated rings. The standard InChI is InChI=1S/C16H23N3O5/c1-16(2,3)24-15(20)18-9-7-17(8-10-18)14-11-12(23-4)5-6-13(14)19(21)22/h5-6,11H,7-10H2,1-4H3. The molecule has 1 aromatic rings. The summed E-state index contributed by atoms with van der Waals surface area (Å²) in [5.41, 5.74) is -0.00973. The van der Waals surface area contributed by atoms with Gasteiger partial charge >= 0.3 is 6.09 Å². The van der Waals surface area contributed by atoms with Gasteiger partial charge in [-0.25, -0.2) is 4.79 Å². The molecule has 0 radical (unpaired) electrons. The zero-order chi connectivity index (χ0) is 17.9. The number of hydrogen-bond acceptors (Lipinski definition) is 6. The molecule has 0 saturated carbocycles. The van der Waals surface area contributed by atoms with Gasteiger partial charge in [0.1, 0.15) is 17.0 Å². The van der Waals surface area contributed by atoms with Gasteiger partial charge in [0.2, 0.25) is 0 Å². The van der Waals surface area contributed by atoms with E-state index in [1.165, 1.54) is 13.2 Å². The van der Waals surface area contributed by atoms with Crippen LogP contribution in [0.1, 0.15) is 20.8 Å². The molecule has 0 aromatic heterocycles. The van der Waals surface area contributed by atoms with E-state index in [9.17, 15) is 14.9 Å². The first-order valence-corrected chi connectivity index (χ1v) is 7.76. The van der Waals surface area contributed by atoms with Crippen LogP contribution >= 0.6 is 0 Å². The summed E-state index contributed by atoms with van der Waals surface area (Å²) >= 11 is 0. The Morgan fingerprint density at radius 1 is 1.21 bits per heavy atom. The molecule has 24 heavy (non-hydrogen) atoms. The van der Waals surface area contributed by atoms with Crippen LogP contribution in [-0.2, 0) is 4.74 Å². The molecule has 1 aromatic carbocycles. The van der Waals surface area contributed by atoms with Crippen LogP contribution in [0, 0.1) is 10.1 Å². The summed E-state index contributed by atoms with van der Waals surface area (Å²) in [5.74, 6) is 0.560. The second-order valence-electron chi connectivity index (χ2n) is 6.57. The fourth-order valence-corrected chi connectivity index (χ4v) is 2.49. The lowest BCUT2D eigenvalue weighted by molar-refractivity contribution is -0.384. The van der Waals surface area contributed by atoms with Crippen molar-refractivity contribution < 1.29 is 19.2 Å². The van der Waals surface area contributed by atoms with Gasteiger partial charge in [-0.2, -0.15) is 0 Å². The van der Waals surface area contributed by atoms with E-state index in [-0.39, 0.29) is 11.8 Å². The highest BCUT2D eigenvalue weighted by Gasteiger charge is 2.28. The molecule has 132 valence electrons. The van der Waals surface area contributed by atoms with E-state index in [1.807, 2.05) is 25.7 Å². The molecule has 0 unspecified atom stereocenters. The number of methoxy groups -OCH3 is 1. The van der Waals surface area contributed by atoms with E-state index in [0.717, 1.165) is 0 Å². The highest BCUT2D eigenvalue weighted by Crippen LogP contribution is 2.32. The van der Waals surface area contributed by atoms with Crippen LogP contribution in [-0.4, -0.2) is 54.8 Å². The van der Waals surface area contributed by atoms with Crippen LogP contribution in [0.2, 0.25) is 0 Å². The third kappa shape index (κ3) is 4.27. The minimum Gasteiger partial charge on any atom is -0.497 e. The fourth-order valence-electron chi connectivity index (χ4n) is 2.49. The Hall–Kier alpha value is -2.51. The van der Waals surface area contributed by atoms with Crippen molar-refractivity contribution in [3.8, 4) is 5.75 Å². The molecular formula is C16H23N3O5. The van der Waals surface area contributed by atoms with E-state index in [2.05, 4.69) is 0 Å². The van der Waals surface area contributed by atoms with E-state index >= 15 is 0 Å². The number of nitro groups is 1. The van der Waals surface area contributed by atoms with Crippen LogP contribution in [0.15, 0.2) is 18.2 Å². The normalized spacial score (nSPS) is 15.2. The van der Waals surface area contributed by atoms with Gasteiger partial charge in [-0.1, -0.05) is 0 Å². The van der Waals surface area contributed by atoms with Crippen molar-refractivity contribution in [1.29, 1.82) is 0 Å². The zero-order valence-corrected chi connectivity index (χ0v) is 14.4. The molecule has 0 atom stereocenters. The lowest BCUT2D eigenvalue weighted by Crippen LogP contribution is -2.50. The van der Waals surface area contributed by atoms with Crippen LogP contribution < -0.4 is 9.64 Å². The predicted molar refractivity (Wildman–Crippen MR) is 89.7 cm³/mol. The summed E-state index contributed by atoms with van der Waals surface area (Å²) in [7, 11) is 1.52. The second kappa shape index (κ2) is 6.94. The van der Waals surface area contributed by atoms with Gasteiger partial charge in [0.15, 0.2) is 0 Å². The molecule has 0 N–H and O–H groups in total. The summed E-state index contributed by atoms with van der Waals surface area (Å²) in [6, 6.07) is 4.66. The molecule has 1 aliphatic rings. The Bertz CT molecular complexity index is 619. The molecule has 1 aliphatic heterocycles. The minimum absolute atomic E-state index is 0.0292. The van der Waals surface area contributed by atoms with Gasteiger partial charge < -0.3 is 19.3 Å². The zero-order valence-electron chi connectivity index (χ0n) is 14.4. The third-order valence-electron chi connectivity index (χ3n) is 3.65. The molecular weight excluding hydrogens is 314 g/mol. The number of ether oxygens (including phenoxy) is 2. The van der Waals surface area contributed by atoms with Gasteiger partial charge in [-0.15, -0.1) is 0 Å². The first-order chi connectivity index (χ1) is 11.2. The summed E-state index contributed by atoms with van der Waals surface area (Å²) < 4.78 is 10.5. The van der Waals surface area contributed by atoms with Gasteiger partial charge in [0, 0.05) is 38.3 Å². The Kier molecular flexibility index (Phi) is 5.16. The maximum atomic E-state index is 12.1. The molecule has 8 nitrogen and oxygen atoms in total. The van der Waals surface area contributed by atoms with Gasteiger partial charge in [0.25, 0.3) is 5.69 Å². The van der Waals surface area contributed by atoms with Crippen LogP contribution in [0.25, 0.3) is 0 Å². The number of carbonyl (C=O) groups is 1. The number of piperazine rings is 1. The Morgan fingerprint density at radius 2 is 1.83 bits per heavy atom. The molecule has 0 spiro atoms. The molecule has 1 saturated heterocycles. The van der Waals surface area contributed by atoms with E-state index in [1.54, 1.807) is 17.0 Å². The topological polar surface area (TPSA) is 85.2 Å². The van der Waals surface area contributed by atoms with Crippen LogP contribution in [0.4, 0.5) is 16.2 Å². The quantitative estimate of drug-likeness (QED) is 0.623. The molecule has 0 bridgehead atoms. The average Bonchev–Trinajstić information content (AvgIpc) is 2.52. The monoisotopic (exact) mass is 337 g/mol. The predicted octanol–water partition coefficient (Wildman–Crippen LogP) is 2.66. The maximum Gasteiger partial charge on any atom is 0.410 e. The van der Waals surface area contributed by atoms with Crippen LogP contribution in [0.5, 0.6) is 5.75 Å². The number of nitro benzene ring substituents is 1. The Labute approximate surface area is 141 Å². The van der Waals surface area contributed by atoms with Crippen molar-refractivity contribution in [1.82, 2.24) is 4.90 Å². The molecule has 1 heterocycles. The van der Waals surface area contributed by atoms with Gasteiger partial charge in [-0.05, 0) is 26.8 Å². The third-order valence-corrected chi connectivity index (χ3v) is 3.65. The summed E-state index contributed by atoms with van der Waals surface area (Å²) in [4.78, 5) is 26.4. The van der Waals surface area contributed by atoms with Crippen LogP contribution in [0.3, 0.4) is 0 Å². The number of anilines is 1. The summed E-state index contributed by atoms with van der Waals surface area (Å²) in [6.45, 7) is 7.34. The minimum atomic E-state index is -0.542. The first kappa shape index (κ1) is 17.8. The molecule has 1 amide bonds. The van der Waals surface area contributed by atoms with Gasteiger partial charge in [-0.3, -0.25) is 10.1 Å². The Morgan fingerprint density at radius 3 is 2.33 bits per heavy atom. The van der Waals surface area contributed by atoms with Crippen molar-refractivity contribution in [2.24, 2.45) is 0 Å². The number of nitrogens with zero attached hydrogens (tertiary/aromatic N) is 3. The van der Waals surface area contributed by atoms with Crippen molar-refractivity contribution in [2.75, 3.05) is 38.2 Å². The van der Waals surface area contributed by atoms with Crippen molar-refractivity contribution >= 4 is 17.5 Å². The number of carbonyl (C=O) groups excluding carboxylic acids is 1. The second-order valence-corrected chi connectivity index (χ2v) is 6.57. The van der Waals surface area contributed by atoms with E-state index in [0.29, 0.717) is 37.6 Å². The lowest BCUT2D eigenvalue weighted by Gasteiger charge is -2.36. The van der Waals surface area contributed by atoms with Gasteiger partial charge in [0.05, 0.1) is 12.0 Å². The average molecular weight is 337 g/mol. The largest absolute Gasteiger partial charge is 0.497 e. The number of rotatable bonds is 3. The van der Waals surface area contributed by atoms with Crippen molar-refractivity contribution in [2.45, 2.75) is 26.4 Å². The highest BCUT2D eigenvalue weighted by atomic mass is 16.6. The molecule has 8 heteroatoms. The summed E-state index contributed by atoms with van der Waals surface area (Å²) in [6.07, 6.45) is -0.359. The van der Waals surface area contributed by atoms with E-state index in [4.69, 9.17) is 9.47 Å². The molecule has 2 rings (SSSR count). The summed E-state index contributed by atoms with van der Waals surface area (Å²) in [5, 5.41) is 11.2. The smallest absolute Gasteiger partial charge is 0.410 e. The maximum absolute atomic E-state index is 12.1. The van der Waals surface area contributed by atoms with Crippen molar-refractivity contribution in [3.05, 3.63) is 28.3 Å².